The predicted molar refractivity (Wildman–Crippen MR) is 83.0 cm³/mol. The number of benzene rings is 2. The summed E-state index contributed by atoms with van der Waals surface area (Å²) in [7, 11) is 0. The molecular weight excluding hydrogens is 362 g/mol. The predicted octanol–water partition coefficient (Wildman–Crippen LogP) is 5.37. The van der Waals surface area contributed by atoms with Crippen molar-refractivity contribution in [2.45, 2.75) is 12.3 Å². The highest BCUT2D eigenvalue weighted by molar-refractivity contribution is 9.10. The van der Waals surface area contributed by atoms with Gasteiger partial charge in [0.15, 0.2) is 0 Å². The second-order valence-corrected chi connectivity index (χ2v) is 6.13. The van der Waals surface area contributed by atoms with Gasteiger partial charge in [0, 0.05) is 10.5 Å². The number of fused-ring (bicyclic) bond motifs is 1. The van der Waals surface area contributed by atoms with Crippen molar-refractivity contribution in [1.29, 1.82) is 0 Å². The second-order valence-electron chi connectivity index (χ2n) is 4.62. The van der Waals surface area contributed by atoms with Gasteiger partial charge in [0.2, 0.25) is 0 Å². The largest absolute Gasteiger partial charge is 0.291 e. The van der Waals surface area contributed by atoms with Crippen molar-refractivity contribution in [3.63, 3.8) is 0 Å². The number of hydrogen-bond donors (Lipinski definition) is 0. The fourth-order valence-corrected chi connectivity index (χ4v) is 2.94. The van der Waals surface area contributed by atoms with Crippen molar-refractivity contribution >= 4 is 38.6 Å². The summed E-state index contributed by atoms with van der Waals surface area (Å²) in [6.45, 7) is 1.74. The van der Waals surface area contributed by atoms with E-state index in [0.717, 1.165) is 0 Å². The van der Waals surface area contributed by atoms with E-state index in [-0.39, 0.29) is 0 Å². The van der Waals surface area contributed by atoms with Crippen LogP contribution in [-0.2, 0) is 0 Å². The SMILES string of the molecule is CC(Cl)c1nc2cc(F)ccc2n1-c1c(F)cccc1Br. The van der Waals surface area contributed by atoms with E-state index in [1.165, 1.54) is 18.2 Å². The van der Waals surface area contributed by atoms with Crippen LogP contribution in [-0.4, -0.2) is 9.55 Å². The van der Waals surface area contributed by atoms with Crippen LogP contribution >= 0.6 is 27.5 Å². The van der Waals surface area contributed by atoms with E-state index in [1.807, 2.05) is 0 Å². The molecule has 0 aliphatic rings. The standard InChI is InChI=1S/C15H10BrClF2N2/c1-8(17)15-20-12-7-9(18)5-6-13(12)21(15)14-10(16)3-2-4-11(14)19/h2-8H,1H3. The molecular formula is C15H10BrClF2N2. The van der Waals surface area contributed by atoms with Crippen molar-refractivity contribution in [3.05, 3.63) is 58.3 Å². The minimum absolute atomic E-state index is 0.314. The van der Waals surface area contributed by atoms with Gasteiger partial charge in [-0.15, -0.1) is 11.6 Å². The zero-order valence-corrected chi connectivity index (χ0v) is 13.3. The lowest BCUT2D eigenvalue weighted by Crippen LogP contribution is -2.05. The monoisotopic (exact) mass is 370 g/mol. The van der Waals surface area contributed by atoms with E-state index >= 15 is 0 Å². The summed E-state index contributed by atoms with van der Waals surface area (Å²) in [6, 6.07) is 8.89. The zero-order valence-electron chi connectivity index (χ0n) is 10.9. The van der Waals surface area contributed by atoms with Gasteiger partial charge in [-0.1, -0.05) is 6.07 Å². The van der Waals surface area contributed by atoms with Gasteiger partial charge in [-0.05, 0) is 47.1 Å². The van der Waals surface area contributed by atoms with Crippen molar-refractivity contribution in [2.24, 2.45) is 0 Å². The molecule has 0 aliphatic heterocycles. The number of para-hydroxylation sites is 1. The fourth-order valence-electron chi connectivity index (χ4n) is 2.28. The Morgan fingerprint density at radius 3 is 2.67 bits per heavy atom. The molecule has 21 heavy (non-hydrogen) atoms. The van der Waals surface area contributed by atoms with E-state index in [9.17, 15) is 8.78 Å². The van der Waals surface area contributed by atoms with Gasteiger partial charge in [-0.3, -0.25) is 4.57 Å². The number of aromatic nitrogens is 2. The Morgan fingerprint density at radius 1 is 1.24 bits per heavy atom. The molecule has 0 bridgehead atoms. The number of hydrogen-bond acceptors (Lipinski definition) is 1. The van der Waals surface area contributed by atoms with Crippen molar-refractivity contribution in [3.8, 4) is 5.69 Å². The first kappa shape index (κ1) is 14.5. The topological polar surface area (TPSA) is 17.8 Å². The molecule has 1 unspecified atom stereocenters. The van der Waals surface area contributed by atoms with E-state index in [1.54, 1.807) is 29.7 Å². The molecule has 0 spiro atoms. The van der Waals surface area contributed by atoms with Crippen LogP contribution in [0.2, 0.25) is 0 Å². The molecule has 1 heterocycles. The number of halogens is 4. The Kier molecular flexibility index (Phi) is 3.71. The fraction of sp³-hybridized carbons (Fsp3) is 0.133. The average molecular weight is 372 g/mol. The van der Waals surface area contributed by atoms with Crippen molar-refractivity contribution in [2.75, 3.05) is 0 Å². The third-order valence-corrected chi connectivity index (χ3v) is 3.99. The van der Waals surface area contributed by atoms with Crippen LogP contribution in [0.5, 0.6) is 0 Å². The van der Waals surface area contributed by atoms with E-state index in [2.05, 4.69) is 20.9 Å². The molecule has 1 aromatic heterocycles. The maximum absolute atomic E-state index is 14.3. The number of imidazole rings is 1. The first-order chi connectivity index (χ1) is 9.99. The molecule has 2 nitrogen and oxygen atoms in total. The summed E-state index contributed by atoms with van der Waals surface area (Å²) in [5.41, 5.74) is 1.35. The minimum atomic E-state index is -0.452. The Balaban J connectivity index is 2.42. The first-order valence-corrected chi connectivity index (χ1v) is 7.48. The van der Waals surface area contributed by atoms with Gasteiger partial charge in [0.1, 0.15) is 17.5 Å². The molecule has 3 rings (SSSR count). The molecule has 3 aromatic rings. The maximum atomic E-state index is 14.3. The van der Waals surface area contributed by atoms with Gasteiger partial charge < -0.3 is 0 Å². The third-order valence-electron chi connectivity index (χ3n) is 3.16. The quantitative estimate of drug-likeness (QED) is 0.554. The van der Waals surface area contributed by atoms with Gasteiger partial charge in [0.25, 0.3) is 0 Å². The molecule has 0 N–H and O–H groups in total. The smallest absolute Gasteiger partial charge is 0.148 e. The first-order valence-electron chi connectivity index (χ1n) is 6.25. The Hall–Kier alpha value is -1.46. The summed E-state index contributed by atoms with van der Waals surface area (Å²) >= 11 is 9.51. The van der Waals surface area contributed by atoms with E-state index in [4.69, 9.17) is 11.6 Å². The molecule has 0 aliphatic carbocycles. The van der Waals surface area contributed by atoms with Crippen molar-refractivity contribution < 1.29 is 8.78 Å². The normalized spacial score (nSPS) is 12.8. The highest BCUT2D eigenvalue weighted by Gasteiger charge is 2.20. The Morgan fingerprint density at radius 2 is 2.00 bits per heavy atom. The summed E-state index contributed by atoms with van der Waals surface area (Å²) in [5, 5.41) is -0.452. The van der Waals surface area contributed by atoms with E-state index < -0.39 is 17.0 Å². The number of nitrogens with zero attached hydrogens (tertiary/aromatic N) is 2. The molecule has 1 atom stereocenters. The molecule has 0 amide bonds. The molecule has 0 saturated heterocycles. The molecule has 108 valence electrons. The average Bonchev–Trinajstić information content (AvgIpc) is 2.77. The van der Waals surface area contributed by atoms with Gasteiger partial charge in [0.05, 0.1) is 22.1 Å². The molecule has 0 fully saturated rings. The lowest BCUT2D eigenvalue weighted by atomic mass is 10.2. The molecule has 6 heteroatoms. The summed E-state index contributed by atoms with van der Waals surface area (Å²) in [6.07, 6.45) is 0. The Labute approximate surface area is 133 Å². The van der Waals surface area contributed by atoms with Crippen LogP contribution in [0.4, 0.5) is 8.78 Å². The lowest BCUT2D eigenvalue weighted by molar-refractivity contribution is 0.615. The van der Waals surface area contributed by atoms with Crippen LogP contribution < -0.4 is 0 Å². The highest BCUT2D eigenvalue weighted by Crippen LogP contribution is 2.33. The second kappa shape index (κ2) is 5.39. The zero-order chi connectivity index (χ0) is 15.1. The van der Waals surface area contributed by atoms with Gasteiger partial charge in [-0.2, -0.15) is 0 Å². The lowest BCUT2D eigenvalue weighted by Gasteiger charge is -2.13. The number of alkyl halides is 1. The van der Waals surface area contributed by atoms with Crippen LogP contribution in [0.25, 0.3) is 16.7 Å². The number of rotatable bonds is 2. The molecule has 0 radical (unpaired) electrons. The maximum Gasteiger partial charge on any atom is 0.148 e. The summed E-state index contributed by atoms with van der Waals surface area (Å²) in [4.78, 5) is 4.34. The molecule has 2 aromatic carbocycles. The summed E-state index contributed by atoms with van der Waals surface area (Å²) in [5.74, 6) is -0.344. The summed E-state index contributed by atoms with van der Waals surface area (Å²) < 4.78 is 29.8. The molecule has 0 saturated carbocycles. The third kappa shape index (κ3) is 2.45. The highest BCUT2D eigenvalue weighted by atomic mass is 79.9. The van der Waals surface area contributed by atoms with Crippen molar-refractivity contribution in [1.82, 2.24) is 9.55 Å². The Bertz CT molecular complexity index is 810. The van der Waals surface area contributed by atoms with Crippen LogP contribution in [0.15, 0.2) is 40.9 Å². The van der Waals surface area contributed by atoms with Crippen LogP contribution in [0.1, 0.15) is 18.1 Å². The minimum Gasteiger partial charge on any atom is -0.291 e. The van der Waals surface area contributed by atoms with Gasteiger partial charge in [-0.25, -0.2) is 13.8 Å². The van der Waals surface area contributed by atoms with E-state index in [0.29, 0.717) is 27.0 Å². The van der Waals surface area contributed by atoms with Gasteiger partial charge >= 0.3 is 0 Å². The van der Waals surface area contributed by atoms with Crippen LogP contribution in [0.3, 0.4) is 0 Å². The van der Waals surface area contributed by atoms with Crippen LogP contribution in [0, 0.1) is 11.6 Å².